The van der Waals surface area contributed by atoms with E-state index in [1.165, 1.54) is 17.6 Å². The molecule has 0 atom stereocenters. The number of benzene rings is 1. The lowest BCUT2D eigenvalue weighted by molar-refractivity contribution is -0.117. The number of nitrogens with one attached hydrogen (secondary N) is 1. The smallest absolute Gasteiger partial charge is 0.269 e. The quantitative estimate of drug-likeness (QED) is 0.333. The first kappa shape index (κ1) is 22.7. The summed E-state index contributed by atoms with van der Waals surface area (Å²) in [6.07, 6.45) is 3.67. The van der Waals surface area contributed by atoms with Gasteiger partial charge in [-0.05, 0) is 48.7 Å². The van der Waals surface area contributed by atoms with Crippen molar-refractivity contribution in [1.82, 2.24) is 14.7 Å². The van der Waals surface area contributed by atoms with Gasteiger partial charge in [-0.15, -0.1) is 0 Å². The standard InChI is InChI=1S/C24H24N4O4/c1-4-17-7-9-19(10-8-17)32-23-20(14-18(15-25)22(29)26-11-13-31-3)24(30)28-12-5-6-16(2)21(28)27-23/h5-10,12,14H,4,11,13H2,1-3H3,(H,26,29)/b18-14+. The van der Waals surface area contributed by atoms with Gasteiger partial charge in [-0.1, -0.05) is 25.1 Å². The molecule has 0 spiro atoms. The number of ether oxygens (including phenoxy) is 2. The predicted molar refractivity (Wildman–Crippen MR) is 121 cm³/mol. The Morgan fingerprint density at radius 3 is 2.69 bits per heavy atom. The number of amides is 1. The lowest BCUT2D eigenvalue weighted by Gasteiger charge is -2.12. The van der Waals surface area contributed by atoms with Gasteiger partial charge >= 0.3 is 0 Å². The Bertz CT molecular complexity index is 1250. The molecular formula is C24H24N4O4. The Balaban J connectivity index is 2.12. The molecule has 1 N–H and O–H groups in total. The molecule has 8 heteroatoms. The summed E-state index contributed by atoms with van der Waals surface area (Å²) in [6.45, 7) is 4.41. The number of pyridine rings is 1. The number of nitrogens with zero attached hydrogens (tertiary/aromatic N) is 3. The number of carbonyl (C=O) groups is 1. The van der Waals surface area contributed by atoms with Gasteiger partial charge in [0.2, 0.25) is 5.88 Å². The molecule has 0 fully saturated rings. The van der Waals surface area contributed by atoms with E-state index in [0.717, 1.165) is 17.5 Å². The molecule has 164 valence electrons. The average molecular weight is 432 g/mol. The molecule has 1 aromatic carbocycles. The van der Waals surface area contributed by atoms with Crippen LogP contribution in [0.4, 0.5) is 0 Å². The normalized spacial score (nSPS) is 11.2. The molecule has 3 aromatic rings. The van der Waals surface area contributed by atoms with Gasteiger partial charge in [0, 0.05) is 19.9 Å². The summed E-state index contributed by atoms with van der Waals surface area (Å²) in [5.41, 5.74) is 1.67. The molecule has 3 rings (SSSR count). The second-order valence-corrected chi connectivity index (χ2v) is 7.04. The van der Waals surface area contributed by atoms with Crippen LogP contribution in [-0.4, -0.2) is 35.6 Å². The zero-order chi connectivity index (χ0) is 23.1. The second-order valence-electron chi connectivity index (χ2n) is 7.04. The van der Waals surface area contributed by atoms with Crippen LogP contribution in [0.1, 0.15) is 23.6 Å². The minimum atomic E-state index is -0.614. The van der Waals surface area contributed by atoms with E-state index in [1.54, 1.807) is 24.4 Å². The van der Waals surface area contributed by atoms with Crippen LogP contribution in [0.5, 0.6) is 11.6 Å². The largest absolute Gasteiger partial charge is 0.438 e. The van der Waals surface area contributed by atoms with Crippen molar-refractivity contribution < 1.29 is 14.3 Å². The van der Waals surface area contributed by atoms with E-state index < -0.39 is 11.5 Å². The summed E-state index contributed by atoms with van der Waals surface area (Å²) in [5.74, 6) is -0.104. The number of aromatic nitrogens is 2. The van der Waals surface area contributed by atoms with Gasteiger partial charge in [-0.3, -0.25) is 14.0 Å². The minimum Gasteiger partial charge on any atom is -0.438 e. The van der Waals surface area contributed by atoms with Gasteiger partial charge in [0.15, 0.2) is 0 Å². The first-order valence-electron chi connectivity index (χ1n) is 10.2. The molecule has 0 aliphatic heterocycles. The molecule has 0 saturated heterocycles. The summed E-state index contributed by atoms with van der Waals surface area (Å²) >= 11 is 0. The molecule has 2 aromatic heterocycles. The van der Waals surface area contributed by atoms with E-state index in [2.05, 4.69) is 17.2 Å². The Labute approximate surface area is 185 Å². The molecule has 0 saturated carbocycles. The SMILES string of the molecule is CCc1ccc(Oc2nc3c(C)cccn3c(=O)c2/C=C(\C#N)C(=O)NCCOC)cc1. The highest BCUT2D eigenvalue weighted by atomic mass is 16.5. The topological polar surface area (TPSA) is 106 Å². The van der Waals surface area contributed by atoms with Gasteiger partial charge < -0.3 is 14.8 Å². The third kappa shape index (κ3) is 5.02. The molecule has 2 heterocycles. The third-order valence-electron chi connectivity index (χ3n) is 4.84. The van der Waals surface area contributed by atoms with E-state index in [9.17, 15) is 14.9 Å². The molecule has 0 aliphatic carbocycles. The summed E-state index contributed by atoms with van der Waals surface area (Å²) < 4.78 is 12.2. The maximum Gasteiger partial charge on any atom is 0.269 e. The van der Waals surface area contributed by atoms with Gasteiger partial charge in [0.1, 0.15) is 28.6 Å². The highest BCUT2D eigenvalue weighted by molar-refractivity contribution is 6.01. The van der Waals surface area contributed by atoms with E-state index in [-0.39, 0.29) is 23.6 Å². The molecule has 32 heavy (non-hydrogen) atoms. The minimum absolute atomic E-state index is 0.00566. The number of carbonyl (C=O) groups excluding carboxylic acids is 1. The Morgan fingerprint density at radius 2 is 2.03 bits per heavy atom. The van der Waals surface area contributed by atoms with Gasteiger partial charge in [-0.25, -0.2) is 0 Å². The maximum atomic E-state index is 13.3. The monoisotopic (exact) mass is 432 g/mol. The van der Waals surface area contributed by atoms with Crippen molar-refractivity contribution in [1.29, 1.82) is 5.26 Å². The molecule has 1 amide bonds. The summed E-state index contributed by atoms with van der Waals surface area (Å²) in [5, 5.41) is 12.1. The van der Waals surface area contributed by atoms with Gasteiger partial charge in [-0.2, -0.15) is 10.2 Å². The number of methoxy groups -OCH3 is 1. The summed E-state index contributed by atoms with van der Waals surface area (Å²) in [7, 11) is 1.51. The number of nitriles is 1. The maximum absolute atomic E-state index is 13.3. The summed E-state index contributed by atoms with van der Waals surface area (Å²) in [4.78, 5) is 30.2. The number of fused-ring (bicyclic) bond motifs is 1. The van der Waals surface area contributed by atoms with Crippen LogP contribution in [0, 0.1) is 18.3 Å². The van der Waals surface area contributed by atoms with E-state index >= 15 is 0 Å². The molecule has 0 radical (unpaired) electrons. The zero-order valence-corrected chi connectivity index (χ0v) is 18.2. The molecule has 0 bridgehead atoms. The van der Waals surface area contributed by atoms with Crippen LogP contribution >= 0.6 is 0 Å². The molecule has 0 aliphatic rings. The lowest BCUT2D eigenvalue weighted by atomic mass is 10.1. The Hall–Kier alpha value is -3.96. The van der Waals surface area contributed by atoms with Crippen molar-refractivity contribution >= 4 is 17.6 Å². The summed E-state index contributed by atoms with van der Waals surface area (Å²) in [6, 6.07) is 12.8. The van der Waals surface area contributed by atoms with Crippen LogP contribution in [0.15, 0.2) is 53.0 Å². The zero-order valence-electron chi connectivity index (χ0n) is 18.2. The van der Waals surface area contributed by atoms with Crippen LogP contribution in [-0.2, 0) is 16.0 Å². The van der Waals surface area contributed by atoms with Crippen molar-refractivity contribution in [2.45, 2.75) is 20.3 Å². The lowest BCUT2D eigenvalue weighted by Crippen LogP contribution is -2.28. The first-order valence-corrected chi connectivity index (χ1v) is 10.2. The van der Waals surface area contributed by atoms with Crippen LogP contribution in [0.25, 0.3) is 11.7 Å². The van der Waals surface area contributed by atoms with Gasteiger partial charge in [0.25, 0.3) is 11.5 Å². The number of hydrogen-bond donors (Lipinski definition) is 1. The van der Waals surface area contributed by atoms with Crippen LogP contribution in [0.2, 0.25) is 0 Å². The van der Waals surface area contributed by atoms with Crippen LogP contribution in [0.3, 0.4) is 0 Å². The van der Waals surface area contributed by atoms with E-state index in [4.69, 9.17) is 9.47 Å². The third-order valence-corrected chi connectivity index (χ3v) is 4.84. The fourth-order valence-corrected chi connectivity index (χ4v) is 3.05. The fraction of sp³-hybridized carbons (Fsp3) is 0.250. The Morgan fingerprint density at radius 1 is 1.28 bits per heavy atom. The number of rotatable bonds is 8. The van der Waals surface area contributed by atoms with E-state index in [1.807, 2.05) is 31.2 Å². The average Bonchev–Trinajstić information content (AvgIpc) is 2.80. The highest BCUT2D eigenvalue weighted by Crippen LogP contribution is 2.25. The van der Waals surface area contributed by atoms with E-state index in [0.29, 0.717) is 18.0 Å². The van der Waals surface area contributed by atoms with Crippen molar-refractivity contribution in [2.75, 3.05) is 20.3 Å². The molecule has 0 unspecified atom stereocenters. The first-order chi connectivity index (χ1) is 15.5. The van der Waals surface area contributed by atoms with Crippen molar-refractivity contribution in [3.8, 4) is 17.7 Å². The van der Waals surface area contributed by atoms with Crippen LogP contribution < -0.4 is 15.6 Å². The Kier molecular flexibility index (Phi) is 7.37. The van der Waals surface area contributed by atoms with Crippen molar-refractivity contribution in [2.24, 2.45) is 0 Å². The molecular weight excluding hydrogens is 408 g/mol. The molecule has 8 nitrogen and oxygen atoms in total. The number of hydrogen-bond acceptors (Lipinski definition) is 6. The predicted octanol–water partition coefficient (Wildman–Crippen LogP) is 3.03. The van der Waals surface area contributed by atoms with Crippen molar-refractivity contribution in [3.05, 3.63) is 75.2 Å². The van der Waals surface area contributed by atoms with Crippen molar-refractivity contribution in [3.63, 3.8) is 0 Å². The fourth-order valence-electron chi connectivity index (χ4n) is 3.05. The van der Waals surface area contributed by atoms with Gasteiger partial charge in [0.05, 0.1) is 6.61 Å². The number of aryl methyl sites for hydroxylation is 2. The second kappa shape index (κ2) is 10.4. The highest BCUT2D eigenvalue weighted by Gasteiger charge is 2.18.